The third-order valence-electron chi connectivity index (χ3n) is 12.6. The van der Waals surface area contributed by atoms with Crippen molar-refractivity contribution in [3.63, 3.8) is 0 Å². The highest BCUT2D eigenvalue weighted by molar-refractivity contribution is 6.05. The molecule has 26 heteroatoms. The Labute approximate surface area is 487 Å². The van der Waals surface area contributed by atoms with Crippen LogP contribution in [0.5, 0.6) is 0 Å². The fraction of sp³-hybridized carbons (Fsp3) is 0.667. The topological polar surface area (TPSA) is 416 Å². The molecule has 0 aromatic carbocycles. The Morgan fingerprint density at radius 1 is 0.506 bits per heavy atom. The zero-order valence-electron chi connectivity index (χ0n) is 49.5. The van der Waals surface area contributed by atoms with Crippen LogP contribution in [0.3, 0.4) is 0 Å². The molecule has 26 nitrogen and oxygen atoms in total. The SMILES string of the molecule is CCCCCCC/C=C(\NC(=O)[C@@H](CO)NC(=O)[C@H](CC(=O)O)NC(=O)[C@@H](CC(C)C)NC(=O)/C(=C/CCCCCC1CO1)NC(=O)[C@@H](CO)NC(=O)/C(=C\C(C)C)NC(=O)[C@@H](CO)NC(=O)/C(=C\CCCCCCC)NC(C)=O)C(N)=O. The minimum absolute atomic E-state index is 0.106. The number of primary amides is 1. The number of aliphatic hydroxyl groups is 3. The fourth-order valence-corrected chi connectivity index (χ4v) is 8.06. The first kappa shape index (κ1) is 74.0. The van der Waals surface area contributed by atoms with Gasteiger partial charge in [0, 0.05) is 6.92 Å². The maximum atomic E-state index is 14.2. The van der Waals surface area contributed by atoms with Gasteiger partial charge in [0.25, 0.3) is 23.6 Å². The summed E-state index contributed by atoms with van der Waals surface area (Å²) in [4.78, 5) is 146. The summed E-state index contributed by atoms with van der Waals surface area (Å²) in [7, 11) is 0. The Balaban J connectivity index is 3.42. The number of amides is 10. The number of epoxide rings is 1. The molecule has 1 aliphatic rings. The molecule has 0 bridgehead atoms. The summed E-state index contributed by atoms with van der Waals surface area (Å²) in [5.41, 5.74) is 4.16. The molecule has 468 valence electrons. The van der Waals surface area contributed by atoms with Crippen LogP contribution in [0.15, 0.2) is 47.1 Å². The van der Waals surface area contributed by atoms with Crippen LogP contribution in [0.2, 0.25) is 0 Å². The molecule has 6 atom stereocenters. The van der Waals surface area contributed by atoms with Gasteiger partial charge < -0.3 is 78.7 Å². The molecule has 1 unspecified atom stereocenters. The van der Waals surface area contributed by atoms with Gasteiger partial charge in [-0.15, -0.1) is 0 Å². The number of carbonyl (C=O) groups is 11. The zero-order valence-corrected chi connectivity index (χ0v) is 49.5. The summed E-state index contributed by atoms with van der Waals surface area (Å²) < 4.78 is 5.27. The molecule has 1 aliphatic heterocycles. The second-order valence-corrected chi connectivity index (χ2v) is 21.2. The predicted octanol–water partition coefficient (Wildman–Crippen LogP) is 1.14. The van der Waals surface area contributed by atoms with Gasteiger partial charge in [-0.25, -0.2) is 0 Å². The van der Waals surface area contributed by atoms with E-state index < -0.39 is 139 Å². The maximum Gasteiger partial charge on any atom is 0.305 e. The van der Waals surface area contributed by atoms with Gasteiger partial charge in [-0.05, 0) is 63.2 Å². The van der Waals surface area contributed by atoms with E-state index in [-0.39, 0.29) is 36.3 Å². The molecule has 0 aromatic heterocycles. The molecule has 0 radical (unpaired) electrons. The molecule has 15 N–H and O–H groups in total. The highest BCUT2D eigenvalue weighted by Gasteiger charge is 2.34. The van der Waals surface area contributed by atoms with Crippen LogP contribution in [-0.2, 0) is 57.5 Å². The van der Waals surface area contributed by atoms with Crippen LogP contribution >= 0.6 is 0 Å². The lowest BCUT2D eigenvalue weighted by molar-refractivity contribution is -0.141. The molecule has 1 saturated heterocycles. The van der Waals surface area contributed by atoms with Gasteiger partial charge >= 0.3 is 5.97 Å². The molecular weight excluding hydrogens is 1080 g/mol. The summed E-state index contributed by atoms with van der Waals surface area (Å²) in [6.07, 6.45) is 17.8. The number of hydrogen-bond acceptors (Lipinski definition) is 15. The van der Waals surface area contributed by atoms with Crippen molar-refractivity contribution >= 4 is 65.0 Å². The summed E-state index contributed by atoms with van der Waals surface area (Å²) in [6, 6.07) is -8.57. The molecule has 83 heavy (non-hydrogen) atoms. The van der Waals surface area contributed by atoms with Crippen molar-refractivity contribution in [3.05, 3.63) is 47.1 Å². The Bertz CT molecular complexity index is 2280. The van der Waals surface area contributed by atoms with Crippen LogP contribution in [-0.4, -0.2) is 148 Å². The summed E-state index contributed by atoms with van der Waals surface area (Å²) in [5, 5.41) is 61.6. The lowest BCUT2D eigenvalue weighted by atomic mass is 10.0. The number of hydrogen-bond donors (Lipinski definition) is 14. The van der Waals surface area contributed by atoms with Crippen molar-refractivity contribution in [1.82, 2.24) is 47.9 Å². The molecule has 10 amide bonds. The Morgan fingerprint density at radius 3 is 1.31 bits per heavy atom. The average molecular weight is 1180 g/mol. The van der Waals surface area contributed by atoms with Gasteiger partial charge in [0.15, 0.2) is 0 Å². The molecule has 1 heterocycles. The third kappa shape index (κ3) is 32.4. The highest BCUT2D eigenvalue weighted by Crippen LogP contribution is 2.18. The van der Waals surface area contributed by atoms with Crippen molar-refractivity contribution in [2.24, 2.45) is 17.6 Å². The quantitative estimate of drug-likeness (QED) is 0.0231. The second kappa shape index (κ2) is 41.9. The Morgan fingerprint density at radius 2 is 0.892 bits per heavy atom. The zero-order chi connectivity index (χ0) is 62.4. The van der Waals surface area contributed by atoms with Crippen molar-refractivity contribution in [2.75, 3.05) is 26.4 Å². The van der Waals surface area contributed by atoms with E-state index in [1.807, 2.05) is 0 Å². The van der Waals surface area contributed by atoms with Gasteiger partial charge in [-0.2, -0.15) is 0 Å². The van der Waals surface area contributed by atoms with Gasteiger partial charge in [0.05, 0.1) is 39.0 Å². The number of aliphatic hydroxyl groups excluding tert-OH is 3. The number of unbranched alkanes of at least 4 members (excludes halogenated alkanes) is 13. The first-order valence-corrected chi connectivity index (χ1v) is 28.9. The number of allylic oxidation sites excluding steroid dienone is 4. The number of carboxylic acid groups (broad SMARTS) is 1. The maximum absolute atomic E-state index is 14.2. The summed E-state index contributed by atoms with van der Waals surface area (Å²) in [5.74, 6) is -12.4. The minimum atomic E-state index is -1.89. The van der Waals surface area contributed by atoms with Crippen molar-refractivity contribution in [3.8, 4) is 0 Å². The third-order valence-corrected chi connectivity index (χ3v) is 12.6. The van der Waals surface area contributed by atoms with Gasteiger partial charge in [0.2, 0.25) is 35.4 Å². The average Bonchev–Trinajstić information content (AvgIpc) is 4.26. The lowest BCUT2D eigenvalue weighted by Crippen LogP contribution is -2.58. The summed E-state index contributed by atoms with van der Waals surface area (Å²) >= 11 is 0. The van der Waals surface area contributed by atoms with Crippen LogP contribution in [0, 0.1) is 11.8 Å². The van der Waals surface area contributed by atoms with Crippen molar-refractivity contribution in [1.29, 1.82) is 0 Å². The van der Waals surface area contributed by atoms with Gasteiger partial charge in [-0.3, -0.25) is 52.7 Å². The molecule has 1 rings (SSSR count). The van der Waals surface area contributed by atoms with Crippen LogP contribution in [0.25, 0.3) is 0 Å². The van der Waals surface area contributed by atoms with E-state index in [9.17, 15) is 73.2 Å². The lowest BCUT2D eigenvalue weighted by Gasteiger charge is -2.25. The number of nitrogens with one attached hydrogen (secondary N) is 9. The van der Waals surface area contributed by atoms with E-state index in [4.69, 9.17) is 10.5 Å². The molecule has 0 aliphatic carbocycles. The van der Waals surface area contributed by atoms with E-state index in [2.05, 4.69) is 61.7 Å². The number of ether oxygens (including phenoxy) is 1. The molecule has 0 aromatic rings. The number of rotatable bonds is 44. The number of nitrogens with two attached hydrogens (primary N) is 1. The highest BCUT2D eigenvalue weighted by atomic mass is 16.6. The Hall–Kier alpha value is -7.03. The fourth-order valence-electron chi connectivity index (χ4n) is 8.06. The largest absolute Gasteiger partial charge is 0.481 e. The number of carboxylic acids is 1. The smallest absolute Gasteiger partial charge is 0.305 e. The molecular formula is C57H94N10O16. The number of aliphatic carboxylic acids is 1. The first-order valence-electron chi connectivity index (χ1n) is 28.9. The first-order chi connectivity index (χ1) is 39.4. The van der Waals surface area contributed by atoms with Crippen LogP contribution < -0.4 is 53.6 Å². The summed E-state index contributed by atoms with van der Waals surface area (Å²) in [6.45, 7) is 9.71. The Kier molecular flexibility index (Phi) is 37.3. The monoisotopic (exact) mass is 1170 g/mol. The van der Waals surface area contributed by atoms with E-state index in [0.717, 1.165) is 70.6 Å². The van der Waals surface area contributed by atoms with Crippen molar-refractivity contribution in [2.45, 2.75) is 207 Å². The molecule has 1 fully saturated rings. The van der Waals surface area contributed by atoms with E-state index >= 15 is 0 Å². The van der Waals surface area contributed by atoms with Crippen LogP contribution in [0.1, 0.15) is 170 Å². The van der Waals surface area contributed by atoms with Crippen LogP contribution in [0.4, 0.5) is 0 Å². The van der Waals surface area contributed by atoms with E-state index in [1.54, 1.807) is 27.7 Å². The van der Waals surface area contributed by atoms with Gasteiger partial charge in [0.1, 0.15) is 53.0 Å². The predicted molar refractivity (Wildman–Crippen MR) is 307 cm³/mol. The van der Waals surface area contributed by atoms with Gasteiger partial charge in [-0.1, -0.05) is 130 Å². The van der Waals surface area contributed by atoms with E-state index in [0.29, 0.717) is 38.7 Å². The second-order valence-electron chi connectivity index (χ2n) is 21.2. The molecule has 0 saturated carbocycles. The standard InChI is InChI=1S/C57H94N10O16/c1-8-10-12-14-16-21-25-39(49(58)74)60-55(80)45(31-68)67-54(79)44(30-48(72)73)64-52(77)42(28-35(3)4)62-51(76)41(27-23-19-18-20-24-38-34-83-38)61-56(81)46(32-69)66-53(78)43(29-36(5)6)63-57(82)47(33-70)65-50(75)40(59-37(7)71)26-22-17-15-13-11-9-2/h25-27,29,35-36,38,42,44-47,68-70H,8-24,28,30-34H2,1-7H3,(H2,58,74)(H,59,71)(H,60,80)(H,61,81)(H,62,76)(H,63,82)(H,64,77)(H,65,75)(H,66,78)(H,67,79)(H,72,73)/b39-25-,40-26+,41-27-,43-29+/t38?,42-,44+,45-,46-,47-/m1/s1. The van der Waals surface area contributed by atoms with E-state index in [1.165, 1.54) is 31.2 Å². The van der Waals surface area contributed by atoms with Crippen molar-refractivity contribution < 1.29 is 77.9 Å². The molecule has 0 spiro atoms. The normalized spacial score (nSPS) is 15.4. The number of carbonyl (C=O) groups excluding carboxylic acids is 10. The minimum Gasteiger partial charge on any atom is -0.481 e.